The summed E-state index contributed by atoms with van der Waals surface area (Å²) in [6.07, 6.45) is -5.54. The van der Waals surface area contributed by atoms with Crippen molar-refractivity contribution < 1.29 is 70.3 Å². The van der Waals surface area contributed by atoms with E-state index in [-0.39, 0.29) is 25.0 Å². The van der Waals surface area contributed by atoms with Crippen LogP contribution in [0.2, 0.25) is 0 Å². The number of nitrogens with zero attached hydrogens (tertiary/aromatic N) is 1. The highest BCUT2D eigenvalue weighted by Gasteiger charge is 2.60. The van der Waals surface area contributed by atoms with Crippen LogP contribution in [0.25, 0.3) is 5.47 Å². The Morgan fingerprint density at radius 2 is 0.904 bits per heavy atom. The van der Waals surface area contributed by atoms with Gasteiger partial charge in [0.05, 0.1) is 0 Å². The lowest BCUT2D eigenvalue weighted by atomic mass is 9.09. The van der Waals surface area contributed by atoms with Gasteiger partial charge in [0.15, 0.2) is 58.2 Å². The van der Waals surface area contributed by atoms with Crippen LogP contribution in [0.1, 0.15) is 72.8 Å². The van der Waals surface area contributed by atoms with E-state index in [1.165, 1.54) is 46.0 Å². The van der Waals surface area contributed by atoms with Gasteiger partial charge in [0, 0.05) is 19.4 Å². The Balaban J connectivity index is 2.68. The molecule has 0 aromatic heterocycles. The molecule has 0 atom stereocenters. The lowest BCUT2D eigenvalue weighted by molar-refractivity contribution is -0.426. The Hall–Kier alpha value is -4.11. The Labute approximate surface area is 288 Å². The molecular weight excluding hydrogens is 729 g/mol. The van der Waals surface area contributed by atoms with Crippen molar-refractivity contribution in [1.29, 1.82) is 0 Å². The van der Waals surface area contributed by atoms with Gasteiger partial charge in [0.1, 0.15) is 41.2 Å². The quantitative estimate of drug-likeness (QED) is 0.0674. The van der Waals surface area contributed by atoms with Gasteiger partial charge in [-0.15, -0.1) is 17.0 Å². The number of benzene rings is 3. The zero-order valence-electron chi connectivity index (χ0n) is 28.3. The minimum atomic E-state index is -5.36. The first-order valence-electron chi connectivity index (χ1n) is 15.9. The van der Waals surface area contributed by atoms with Crippen LogP contribution in [0.15, 0.2) is 16.9 Å². The van der Waals surface area contributed by atoms with Crippen molar-refractivity contribution in [2.45, 2.75) is 73.3 Å². The van der Waals surface area contributed by atoms with Crippen molar-refractivity contribution in [3.63, 3.8) is 0 Å². The predicted molar refractivity (Wildman–Crippen MR) is 166 cm³/mol. The zero-order valence-corrected chi connectivity index (χ0v) is 28.3. The molecule has 3 aromatic carbocycles. The van der Waals surface area contributed by atoms with Gasteiger partial charge in [-0.1, -0.05) is 32.2 Å². The lowest BCUT2D eigenvalue weighted by Crippen LogP contribution is -2.67. The highest BCUT2D eigenvalue weighted by atomic mass is 19.2. The maximum atomic E-state index is 16.4. The third-order valence-electron chi connectivity index (χ3n) is 9.30. The average Bonchev–Trinajstić information content (AvgIpc) is 3.34. The minimum absolute atomic E-state index is 0.0219. The molecule has 0 bridgehead atoms. The fourth-order valence-electron chi connectivity index (χ4n) is 7.56. The van der Waals surface area contributed by atoms with E-state index in [1.54, 1.807) is 0 Å². The number of halogens is 15. The molecule has 0 saturated carbocycles. The summed E-state index contributed by atoms with van der Waals surface area (Å²) in [5.41, 5.74) is -8.86. The van der Waals surface area contributed by atoms with Crippen molar-refractivity contribution in [2.75, 3.05) is 0 Å². The number of unbranched alkanes of at least 4 members (excludes halogenated alkanes) is 1. The van der Waals surface area contributed by atoms with E-state index >= 15 is 52.7 Å². The third kappa shape index (κ3) is 5.74. The molecule has 0 unspecified atom stereocenters. The largest absolute Gasteiger partial charge is 0.503 e. The van der Waals surface area contributed by atoms with Crippen molar-refractivity contribution in [2.24, 2.45) is 0 Å². The number of hydrogen-bond donors (Lipinski definition) is 0. The second kappa shape index (κ2) is 14.7. The molecular formula is C34H28B2F15N. The molecule has 0 amide bonds. The van der Waals surface area contributed by atoms with Gasteiger partial charge in [-0.25, -0.2) is 65.9 Å². The predicted octanol–water partition coefficient (Wildman–Crippen LogP) is 9.38. The Bertz CT molecular complexity index is 1930. The highest BCUT2D eigenvalue weighted by molar-refractivity contribution is 7.28. The molecule has 1 nitrogen and oxygen atoms in total. The van der Waals surface area contributed by atoms with Crippen molar-refractivity contribution in [3.05, 3.63) is 110 Å². The number of hydrogen-bond acceptors (Lipinski definition) is 0. The molecule has 0 N–H and O–H groups in total. The van der Waals surface area contributed by atoms with Crippen LogP contribution in [0, 0.1) is 87.3 Å². The molecule has 0 saturated heterocycles. The maximum absolute atomic E-state index is 16.4. The van der Waals surface area contributed by atoms with Crippen molar-refractivity contribution in [1.82, 2.24) is 0 Å². The molecule has 280 valence electrons. The topological polar surface area (TPSA) is 3.01 Å². The van der Waals surface area contributed by atoms with Crippen molar-refractivity contribution in [3.8, 4) is 0 Å². The van der Waals surface area contributed by atoms with Gasteiger partial charge in [0.25, 0.3) is 0 Å². The summed E-state index contributed by atoms with van der Waals surface area (Å²) in [6.45, 7) is 6.76. The SMILES string of the molecule is CCC/C=C1/B([N+](=C(C)C)C(C)C)C(CCC)=C(c2c(F)c(F)c(F)c(F)c2F)[B-]1(c1c(F)c(F)c(F)c(F)c1F)c1c(F)c(F)c(F)c(F)c1F. The van der Waals surface area contributed by atoms with Gasteiger partial charge in [-0.3, -0.25) is 0 Å². The minimum Gasteiger partial charge on any atom is -0.315 e. The van der Waals surface area contributed by atoms with E-state index in [4.69, 9.17) is 0 Å². The fraction of sp³-hybridized carbons (Fsp3) is 0.324. The molecule has 1 aliphatic heterocycles. The van der Waals surface area contributed by atoms with Crippen LogP contribution < -0.4 is 10.9 Å². The second-order valence-electron chi connectivity index (χ2n) is 12.8. The molecule has 1 aliphatic rings. The van der Waals surface area contributed by atoms with Gasteiger partial charge in [0.2, 0.25) is 5.82 Å². The number of rotatable bonds is 9. The standard InChI is InChI=1S/C34H28B2F15N/c1-7-9-11-15-35(52(12(3)4)13(5)6)14(10-8-2)17(16-20(37)26(43)32(49)27(44)21(16)38)36(15,18-22(39)28(45)33(50)29(46)23(18)40)19-24(41)30(47)34(51)31(48)25(19)42/h11-12H,7-10H2,1-6H3/b15-11-. The van der Waals surface area contributed by atoms with E-state index in [9.17, 15) is 13.2 Å². The first-order chi connectivity index (χ1) is 24.2. The van der Waals surface area contributed by atoms with E-state index in [1.807, 2.05) is 0 Å². The first-order valence-corrected chi connectivity index (χ1v) is 15.9. The highest BCUT2D eigenvalue weighted by Crippen LogP contribution is 2.49. The normalized spacial score (nSPS) is 15.2. The van der Waals surface area contributed by atoms with Crippen LogP contribution in [0.3, 0.4) is 0 Å². The molecule has 0 aliphatic carbocycles. The van der Waals surface area contributed by atoms with Gasteiger partial charge >= 0.3 is 6.85 Å². The monoisotopic (exact) mass is 757 g/mol. The van der Waals surface area contributed by atoms with Crippen molar-refractivity contribution >= 4 is 35.1 Å². The summed E-state index contributed by atoms with van der Waals surface area (Å²) in [6, 6.07) is -0.830. The third-order valence-corrected chi connectivity index (χ3v) is 9.30. The van der Waals surface area contributed by atoms with Gasteiger partial charge in [-0.05, 0) is 26.7 Å². The summed E-state index contributed by atoms with van der Waals surface area (Å²) in [7, 11) is 0. The van der Waals surface area contributed by atoms with Crippen LogP contribution in [0.5, 0.6) is 0 Å². The van der Waals surface area contributed by atoms with E-state index in [2.05, 4.69) is 0 Å². The van der Waals surface area contributed by atoms with Crippen LogP contribution in [-0.4, -0.2) is 29.2 Å². The maximum Gasteiger partial charge on any atom is 0.503 e. The summed E-state index contributed by atoms with van der Waals surface area (Å²) < 4.78 is 234. The lowest BCUT2D eigenvalue weighted by Gasteiger charge is -2.44. The molecule has 52 heavy (non-hydrogen) atoms. The van der Waals surface area contributed by atoms with Crippen LogP contribution in [-0.2, 0) is 0 Å². The number of allylic oxidation sites excluding steroid dienone is 2. The van der Waals surface area contributed by atoms with E-state index < -0.39 is 146 Å². The molecule has 3 aromatic rings. The molecule has 18 heteroatoms. The van der Waals surface area contributed by atoms with E-state index in [0.717, 1.165) is 6.08 Å². The Morgan fingerprint density at radius 3 is 1.21 bits per heavy atom. The summed E-state index contributed by atoms with van der Waals surface area (Å²) >= 11 is 0. The smallest absolute Gasteiger partial charge is 0.315 e. The molecule has 1 heterocycles. The molecule has 0 radical (unpaired) electrons. The van der Waals surface area contributed by atoms with Gasteiger partial charge in [-0.2, -0.15) is 10.8 Å². The summed E-state index contributed by atoms with van der Waals surface area (Å²) in [4.78, 5) is 0. The average molecular weight is 757 g/mol. The molecule has 4 rings (SSSR count). The van der Waals surface area contributed by atoms with E-state index in [0.29, 0.717) is 0 Å². The zero-order chi connectivity index (χ0) is 39.5. The summed E-state index contributed by atoms with van der Waals surface area (Å²) in [5.74, 6) is -42.5. The molecule has 0 spiro atoms. The Morgan fingerprint density at radius 1 is 0.558 bits per heavy atom. The summed E-state index contributed by atoms with van der Waals surface area (Å²) in [5, 5.41) is -0.898. The fourth-order valence-corrected chi connectivity index (χ4v) is 7.56. The van der Waals surface area contributed by atoms with Gasteiger partial charge < -0.3 is 4.49 Å². The Kier molecular flexibility index (Phi) is 11.5. The second-order valence-corrected chi connectivity index (χ2v) is 12.8. The first kappa shape index (κ1) is 40.7. The van der Waals surface area contributed by atoms with Crippen LogP contribution >= 0.6 is 0 Å². The molecule has 0 fully saturated rings. The van der Waals surface area contributed by atoms with Crippen LogP contribution in [0.4, 0.5) is 65.9 Å².